The second-order valence-corrected chi connectivity index (χ2v) is 3.83. The third-order valence-corrected chi connectivity index (χ3v) is 2.53. The fourth-order valence-corrected chi connectivity index (χ4v) is 1.70. The molecule has 0 spiro atoms. The van der Waals surface area contributed by atoms with Crippen LogP contribution >= 0.6 is 0 Å². The number of carbonyl (C=O) groups is 2. The maximum Gasteiger partial charge on any atom is 0.338 e. The lowest BCUT2D eigenvalue weighted by Gasteiger charge is -2.10. The van der Waals surface area contributed by atoms with Gasteiger partial charge in [0, 0.05) is 12.0 Å². The van der Waals surface area contributed by atoms with E-state index in [2.05, 4.69) is 0 Å². The molecule has 19 heavy (non-hydrogen) atoms. The lowest BCUT2D eigenvalue weighted by Crippen LogP contribution is -2.11. The van der Waals surface area contributed by atoms with Crippen LogP contribution in [0.3, 0.4) is 0 Å². The van der Waals surface area contributed by atoms with Gasteiger partial charge in [-0.3, -0.25) is 4.79 Å². The molecule has 5 heteroatoms. The Kier molecular flexibility index (Phi) is 5.85. The van der Waals surface area contributed by atoms with Crippen molar-refractivity contribution in [1.82, 2.24) is 0 Å². The molecule has 1 rings (SSSR count). The van der Waals surface area contributed by atoms with Crippen molar-refractivity contribution >= 4 is 11.9 Å². The molecule has 0 unspecified atom stereocenters. The van der Waals surface area contributed by atoms with E-state index in [0.717, 1.165) is 0 Å². The quantitative estimate of drug-likeness (QED) is 0.798. The van der Waals surface area contributed by atoms with Gasteiger partial charge >= 0.3 is 11.9 Å². The molecule has 0 amide bonds. The molecule has 1 N–H and O–H groups in total. The lowest BCUT2D eigenvalue weighted by atomic mass is 10.0. The second kappa shape index (κ2) is 7.41. The standard InChI is InChI=1S/C14H18O5/c1-3-18-13(16)9-8-10-11(14(17)19-4-2)6-5-7-12(10)15/h5-7,15H,3-4,8-9H2,1-2H3. The van der Waals surface area contributed by atoms with Crippen molar-refractivity contribution in [1.29, 1.82) is 0 Å². The monoisotopic (exact) mass is 266 g/mol. The fraction of sp³-hybridized carbons (Fsp3) is 0.429. The number of ether oxygens (including phenoxy) is 2. The third kappa shape index (κ3) is 4.28. The molecular weight excluding hydrogens is 248 g/mol. The van der Waals surface area contributed by atoms with E-state index in [9.17, 15) is 14.7 Å². The predicted molar refractivity (Wildman–Crippen MR) is 69.0 cm³/mol. The summed E-state index contributed by atoms with van der Waals surface area (Å²) in [4.78, 5) is 23.1. The minimum absolute atomic E-state index is 0.0187. The van der Waals surface area contributed by atoms with Crippen LogP contribution in [0.1, 0.15) is 36.2 Å². The highest BCUT2D eigenvalue weighted by Gasteiger charge is 2.16. The van der Waals surface area contributed by atoms with Crippen LogP contribution in [0.2, 0.25) is 0 Å². The lowest BCUT2D eigenvalue weighted by molar-refractivity contribution is -0.143. The summed E-state index contributed by atoms with van der Waals surface area (Å²) in [7, 11) is 0. The first-order valence-corrected chi connectivity index (χ1v) is 6.23. The van der Waals surface area contributed by atoms with Crippen LogP contribution in [0.25, 0.3) is 0 Å². The van der Waals surface area contributed by atoms with E-state index in [1.54, 1.807) is 26.0 Å². The largest absolute Gasteiger partial charge is 0.508 e. The molecule has 0 bridgehead atoms. The SMILES string of the molecule is CCOC(=O)CCc1c(O)cccc1C(=O)OCC. The van der Waals surface area contributed by atoms with Crippen LogP contribution in [0.4, 0.5) is 0 Å². The number of phenolic OH excluding ortho intramolecular Hbond substituents is 1. The molecule has 104 valence electrons. The number of carbonyl (C=O) groups excluding carboxylic acids is 2. The third-order valence-electron chi connectivity index (χ3n) is 2.53. The average Bonchev–Trinajstić information content (AvgIpc) is 2.37. The Hall–Kier alpha value is -2.04. The summed E-state index contributed by atoms with van der Waals surface area (Å²) in [6.07, 6.45) is 0.345. The normalized spacial score (nSPS) is 10.0. The molecule has 0 aliphatic carbocycles. The van der Waals surface area contributed by atoms with Gasteiger partial charge in [-0.25, -0.2) is 4.79 Å². The molecule has 0 saturated heterocycles. The van der Waals surface area contributed by atoms with Crippen LogP contribution in [0.15, 0.2) is 18.2 Å². The van der Waals surface area contributed by atoms with Crippen molar-refractivity contribution in [2.75, 3.05) is 13.2 Å². The van der Waals surface area contributed by atoms with Crippen molar-refractivity contribution < 1.29 is 24.2 Å². The summed E-state index contributed by atoms with van der Waals surface area (Å²) in [5, 5.41) is 9.79. The minimum Gasteiger partial charge on any atom is -0.508 e. The van der Waals surface area contributed by atoms with Gasteiger partial charge in [-0.2, -0.15) is 0 Å². The van der Waals surface area contributed by atoms with Gasteiger partial charge in [0.1, 0.15) is 5.75 Å². The maximum atomic E-state index is 11.7. The zero-order valence-electron chi connectivity index (χ0n) is 11.1. The van der Waals surface area contributed by atoms with Crippen molar-refractivity contribution in [3.63, 3.8) is 0 Å². The summed E-state index contributed by atoms with van der Waals surface area (Å²) in [5.41, 5.74) is 0.695. The van der Waals surface area contributed by atoms with Crippen molar-refractivity contribution in [3.8, 4) is 5.75 Å². The molecule has 1 aromatic rings. The maximum absolute atomic E-state index is 11.7. The van der Waals surface area contributed by atoms with Crippen LogP contribution in [0.5, 0.6) is 5.75 Å². The highest BCUT2D eigenvalue weighted by Crippen LogP contribution is 2.23. The topological polar surface area (TPSA) is 72.8 Å². The van der Waals surface area contributed by atoms with Gasteiger partial charge in [0.2, 0.25) is 0 Å². The van der Waals surface area contributed by atoms with E-state index in [1.807, 2.05) is 0 Å². The number of esters is 2. The van der Waals surface area contributed by atoms with E-state index in [4.69, 9.17) is 9.47 Å². The molecule has 0 aliphatic rings. The van der Waals surface area contributed by atoms with Gasteiger partial charge in [0.05, 0.1) is 18.8 Å². The Morgan fingerprint density at radius 2 is 1.84 bits per heavy atom. The molecule has 0 radical (unpaired) electrons. The Morgan fingerprint density at radius 1 is 1.16 bits per heavy atom. The van der Waals surface area contributed by atoms with Gasteiger partial charge in [-0.05, 0) is 32.4 Å². The summed E-state index contributed by atoms with van der Waals surface area (Å²) in [6.45, 7) is 4.00. The number of benzene rings is 1. The Bertz CT molecular complexity index is 453. The van der Waals surface area contributed by atoms with Crippen LogP contribution in [-0.2, 0) is 20.7 Å². The van der Waals surface area contributed by atoms with E-state index in [0.29, 0.717) is 12.2 Å². The van der Waals surface area contributed by atoms with Crippen molar-refractivity contribution in [2.24, 2.45) is 0 Å². The van der Waals surface area contributed by atoms with E-state index < -0.39 is 5.97 Å². The summed E-state index contributed by atoms with van der Waals surface area (Å²) >= 11 is 0. The molecule has 5 nitrogen and oxygen atoms in total. The number of phenols is 1. The van der Waals surface area contributed by atoms with Crippen LogP contribution < -0.4 is 0 Å². The zero-order valence-corrected chi connectivity index (χ0v) is 11.1. The van der Waals surface area contributed by atoms with Crippen LogP contribution in [0, 0.1) is 0 Å². The van der Waals surface area contributed by atoms with E-state index in [-0.39, 0.29) is 36.7 Å². The van der Waals surface area contributed by atoms with Gasteiger partial charge in [0.15, 0.2) is 0 Å². The van der Waals surface area contributed by atoms with Gasteiger partial charge in [-0.15, -0.1) is 0 Å². The molecule has 0 saturated carbocycles. The number of hydrogen-bond acceptors (Lipinski definition) is 5. The van der Waals surface area contributed by atoms with E-state index >= 15 is 0 Å². The molecule has 0 atom stereocenters. The number of rotatable bonds is 6. The van der Waals surface area contributed by atoms with Crippen molar-refractivity contribution in [3.05, 3.63) is 29.3 Å². The molecule has 0 aromatic heterocycles. The minimum atomic E-state index is -0.503. The zero-order chi connectivity index (χ0) is 14.3. The highest BCUT2D eigenvalue weighted by atomic mass is 16.5. The van der Waals surface area contributed by atoms with Gasteiger partial charge < -0.3 is 14.6 Å². The summed E-state index contributed by atoms with van der Waals surface area (Å²) in [5.74, 6) is -0.882. The molecular formula is C14H18O5. The van der Waals surface area contributed by atoms with Crippen LogP contribution in [-0.4, -0.2) is 30.3 Å². The van der Waals surface area contributed by atoms with Gasteiger partial charge in [-0.1, -0.05) is 6.07 Å². The first-order chi connectivity index (χ1) is 9.10. The number of hydrogen-bond donors (Lipinski definition) is 1. The summed E-state index contributed by atoms with van der Waals surface area (Å²) < 4.78 is 9.73. The smallest absolute Gasteiger partial charge is 0.338 e. The first-order valence-electron chi connectivity index (χ1n) is 6.23. The fourth-order valence-electron chi connectivity index (χ4n) is 1.70. The highest BCUT2D eigenvalue weighted by molar-refractivity contribution is 5.92. The molecule has 0 fully saturated rings. The second-order valence-electron chi connectivity index (χ2n) is 3.83. The Labute approximate surface area is 112 Å². The molecule has 0 heterocycles. The molecule has 1 aromatic carbocycles. The van der Waals surface area contributed by atoms with Crippen molar-refractivity contribution in [2.45, 2.75) is 26.7 Å². The predicted octanol–water partition coefficient (Wildman–Crippen LogP) is 2.06. The Morgan fingerprint density at radius 3 is 2.47 bits per heavy atom. The average molecular weight is 266 g/mol. The van der Waals surface area contributed by atoms with Gasteiger partial charge in [0.25, 0.3) is 0 Å². The Balaban J connectivity index is 2.86. The van der Waals surface area contributed by atoms with E-state index in [1.165, 1.54) is 6.07 Å². The first kappa shape index (κ1) is 15.0. The molecule has 0 aliphatic heterocycles. The number of aromatic hydroxyl groups is 1. The summed E-state index contributed by atoms with van der Waals surface area (Å²) in [6, 6.07) is 4.61.